The number of methoxy groups -OCH3 is 1. The second-order valence-electron chi connectivity index (χ2n) is 8.80. The Labute approximate surface area is 207 Å². The maximum absolute atomic E-state index is 13.7. The third kappa shape index (κ3) is 7.65. The molecule has 1 N–H and O–H groups in total. The first-order valence-corrected chi connectivity index (χ1v) is 12.4. The van der Waals surface area contributed by atoms with Crippen molar-refractivity contribution in [3.8, 4) is 0 Å². The van der Waals surface area contributed by atoms with Crippen molar-refractivity contribution in [2.24, 2.45) is 0 Å². The topological polar surface area (TPSA) is 84.9 Å². The van der Waals surface area contributed by atoms with Gasteiger partial charge in [-0.2, -0.15) is 0 Å². The van der Waals surface area contributed by atoms with Gasteiger partial charge in [0.25, 0.3) is 0 Å². The monoisotopic (exact) mass is 480 g/mol. The van der Waals surface area contributed by atoms with Crippen LogP contribution in [0.15, 0.2) is 60.7 Å². The van der Waals surface area contributed by atoms with Crippen molar-refractivity contribution in [3.63, 3.8) is 0 Å². The van der Waals surface area contributed by atoms with Gasteiger partial charge >= 0.3 is 11.9 Å². The SMILES string of the molecule is CCOC(=O)[C@H](CCc1ccccc1)N[C@H]1CCCCN([C@H](Cc2ccccc2)C(=O)OC)C1=O. The van der Waals surface area contributed by atoms with E-state index in [1.807, 2.05) is 60.7 Å². The van der Waals surface area contributed by atoms with Crippen LogP contribution in [0.3, 0.4) is 0 Å². The lowest BCUT2D eigenvalue weighted by Crippen LogP contribution is -2.56. The van der Waals surface area contributed by atoms with Gasteiger partial charge in [-0.3, -0.25) is 14.9 Å². The fraction of sp³-hybridized carbons (Fsp3) is 0.464. The van der Waals surface area contributed by atoms with Crippen molar-refractivity contribution in [1.29, 1.82) is 0 Å². The number of esters is 2. The molecule has 1 heterocycles. The molecule has 0 unspecified atom stereocenters. The molecule has 1 fully saturated rings. The molecule has 0 aromatic heterocycles. The number of likely N-dealkylation sites (tertiary alicyclic amines) is 1. The standard InChI is InChI=1S/C28H36N2O5/c1-3-35-27(32)24(18-17-21-12-6-4-7-13-21)29-23-16-10-11-19-30(26(23)31)25(28(33)34-2)20-22-14-8-5-9-15-22/h4-9,12-15,23-25,29H,3,10-11,16-20H2,1-2H3/t23-,24-,25+/m0/s1. The summed E-state index contributed by atoms with van der Waals surface area (Å²) in [6, 6.07) is 17.6. The normalized spacial score (nSPS) is 17.8. The lowest BCUT2D eigenvalue weighted by Gasteiger charge is -2.32. The minimum Gasteiger partial charge on any atom is -0.467 e. The maximum Gasteiger partial charge on any atom is 0.328 e. The molecule has 35 heavy (non-hydrogen) atoms. The Morgan fingerprint density at radius 3 is 2.29 bits per heavy atom. The average Bonchev–Trinajstić information content (AvgIpc) is 3.07. The smallest absolute Gasteiger partial charge is 0.328 e. The molecule has 0 saturated carbocycles. The molecule has 188 valence electrons. The van der Waals surface area contributed by atoms with Crippen LogP contribution < -0.4 is 5.32 Å². The van der Waals surface area contributed by atoms with Crippen LogP contribution >= 0.6 is 0 Å². The van der Waals surface area contributed by atoms with Gasteiger partial charge in [-0.15, -0.1) is 0 Å². The third-order valence-corrected chi connectivity index (χ3v) is 6.38. The summed E-state index contributed by atoms with van der Waals surface area (Å²) in [5, 5.41) is 3.29. The summed E-state index contributed by atoms with van der Waals surface area (Å²) in [6.45, 7) is 2.52. The lowest BCUT2D eigenvalue weighted by molar-refractivity contribution is -0.154. The van der Waals surface area contributed by atoms with E-state index in [0.717, 1.165) is 24.0 Å². The Kier molecular flexibility index (Phi) is 10.3. The number of ether oxygens (including phenoxy) is 2. The molecule has 1 amide bonds. The van der Waals surface area contributed by atoms with E-state index in [2.05, 4.69) is 5.32 Å². The summed E-state index contributed by atoms with van der Waals surface area (Å²) in [7, 11) is 1.35. The molecular formula is C28H36N2O5. The van der Waals surface area contributed by atoms with E-state index in [9.17, 15) is 14.4 Å². The Balaban J connectivity index is 1.77. The second kappa shape index (κ2) is 13.6. The minimum absolute atomic E-state index is 0.178. The molecule has 7 heteroatoms. The molecule has 1 aliphatic heterocycles. The number of rotatable bonds is 11. The van der Waals surface area contributed by atoms with E-state index in [4.69, 9.17) is 9.47 Å². The zero-order chi connectivity index (χ0) is 25.0. The molecule has 0 radical (unpaired) electrons. The Hall–Kier alpha value is -3.19. The predicted octanol–water partition coefficient (Wildman–Crippen LogP) is 3.31. The highest BCUT2D eigenvalue weighted by Crippen LogP contribution is 2.20. The Morgan fingerprint density at radius 2 is 1.66 bits per heavy atom. The molecule has 1 saturated heterocycles. The highest BCUT2D eigenvalue weighted by atomic mass is 16.5. The quantitative estimate of drug-likeness (QED) is 0.497. The number of nitrogens with zero attached hydrogens (tertiary/aromatic N) is 1. The zero-order valence-electron chi connectivity index (χ0n) is 20.7. The van der Waals surface area contributed by atoms with E-state index >= 15 is 0 Å². The predicted molar refractivity (Wildman–Crippen MR) is 134 cm³/mol. The minimum atomic E-state index is -0.720. The molecule has 0 aliphatic carbocycles. The third-order valence-electron chi connectivity index (χ3n) is 6.38. The molecule has 7 nitrogen and oxygen atoms in total. The number of amides is 1. The van der Waals surface area contributed by atoms with Crippen molar-refractivity contribution >= 4 is 17.8 Å². The highest BCUT2D eigenvalue weighted by Gasteiger charge is 2.37. The second-order valence-corrected chi connectivity index (χ2v) is 8.80. The first-order valence-electron chi connectivity index (χ1n) is 12.4. The van der Waals surface area contributed by atoms with E-state index in [1.165, 1.54) is 7.11 Å². The molecule has 0 bridgehead atoms. The molecular weight excluding hydrogens is 444 g/mol. The van der Waals surface area contributed by atoms with Gasteiger partial charge in [0.1, 0.15) is 12.1 Å². The van der Waals surface area contributed by atoms with Crippen LogP contribution in [0.25, 0.3) is 0 Å². The summed E-state index contributed by atoms with van der Waals surface area (Å²) >= 11 is 0. The molecule has 3 rings (SSSR count). The van der Waals surface area contributed by atoms with Crippen LogP contribution in [0.5, 0.6) is 0 Å². The average molecular weight is 481 g/mol. The number of aryl methyl sites for hydroxylation is 1. The van der Waals surface area contributed by atoms with Crippen LogP contribution in [0, 0.1) is 0 Å². The first-order chi connectivity index (χ1) is 17.0. The van der Waals surface area contributed by atoms with Crippen LogP contribution in [-0.2, 0) is 36.7 Å². The van der Waals surface area contributed by atoms with E-state index in [-0.39, 0.29) is 18.5 Å². The largest absolute Gasteiger partial charge is 0.467 e. The number of benzene rings is 2. The summed E-state index contributed by atoms with van der Waals surface area (Å²) in [4.78, 5) is 40.8. The van der Waals surface area contributed by atoms with Gasteiger partial charge in [0, 0.05) is 13.0 Å². The van der Waals surface area contributed by atoms with Gasteiger partial charge in [0.15, 0.2) is 0 Å². The van der Waals surface area contributed by atoms with E-state index in [0.29, 0.717) is 32.2 Å². The van der Waals surface area contributed by atoms with Gasteiger partial charge in [-0.05, 0) is 50.2 Å². The van der Waals surface area contributed by atoms with Gasteiger partial charge < -0.3 is 14.4 Å². The number of nitrogens with one attached hydrogen (secondary N) is 1. The lowest BCUT2D eigenvalue weighted by atomic mass is 10.0. The maximum atomic E-state index is 13.7. The van der Waals surface area contributed by atoms with Crippen LogP contribution in [0.1, 0.15) is 43.7 Å². The van der Waals surface area contributed by atoms with Gasteiger partial charge in [0.2, 0.25) is 5.91 Å². The van der Waals surface area contributed by atoms with Crippen molar-refractivity contribution < 1.29 is 23.9 Å². The molecule has 2 aromatic carbocycles. The van der Waals surface area contributed by atoms with Crippen LogP contribution in [0.2, 0.25) is 0 Å². The fourth-order valence-electron chi connectivity index (χ4n) is 4.53. The van der Waals surface area contributed by atoms with Crippen molar-refractivity contribution in [2.75, 3.05) is 20.3 Å². The highest BCUT2D eigenvalue weighted by molar-refractivity contribution is 5.88. The summed E-state index contributed by atoms with van der Waals surface area (Å²) in [5.41, 5.74) is 2.07. The Bertz CT molecular complexity index is 950. The fourth-order valence-corrected chi connectivity index (χ4v) is 4.53. The molecule has 2 aromatic rings. The zero-order valence-corrected chi connectivity index (χ0v) is 20.7. The number of carbonyl (C=O) groups is 3. The van der Waals surface area contributed by atoms with Gasteiger partial charge in [-0.1, -0.05) is 60.7 Å². The number of carbonyl (C=O) groups excluding carboxylic acids is 3. The molecule has 0 spiro atoms. The molecule has 3 atom stereocenters. The summed E-state index contributed by atoms with van der Waals surface area (Å²) in [6.07, 6.45) is 3.75. The molecule has 1 aliphatic rings. The van der Waals surface area contributed by atoms with Crippen molar-refractivity contribution in [3.05, 3.63) is 71.8 Å². The van der Waals surface area contributed by atoms with E-state index < -0.39 is 24.1 Å². The number of hydrogen-bond acceptors (Lipinski definition) is 6. The van der Waals surface area contributed by atoms with E-state index in [1.54, 1.807) is 11.8 Å². The van der Waals surface area contributed by atoms with Crippen LogP contribution in [0.4, 0.5) is 0 Å². The van der Waals surface area contributed by atoms with Gasteiger partial charge in [0.05, 0.1) is 19.8 Å². The first kappa shape index (κ1) is 26.4. The van der Waals surface area contributed by atoms with Crippen LogP contribution in [-0.4, -0.2) is 61.1 Å². The Morgan fingerprint density at radius 1 is 1.00 bits per heavy atom. The summed E-state index contributed by atoms with van der Waals surface area (Å²) in [5.74, 6) is -0.974. The van der Waals surface area contributed by atoms with Crippen molar-refractivity contribution in [2.45, 2.75) is 63.6 Å². The van der Waals surface area contributed by atoms with Gasteiger partial charge in [-0.25, -0.2) is 4.79 Å². The van der Waals surface area contributed by atoms with Crippen molar-refractivity contribution in [1.82, 2.24) is 10.2 Å². The number of hydrogen-bond donors (Lipinski definition) is 1. The summed E-state index contributed by atoms with van der Waals surface area (Å²) < 4.78 is 10.4.